The van der Waals surface area contributed by atoms with Crippen molar-refractivity contribution in [1.29, 1.82) is 0 Å². The summed E-state index contributed by atoms with van der Waals surface area (Å²) in [5.41, 5.74) is 23.4. The lowest BCUT2D eigenvalue weighted by molar-refractivity contribution is -0.113. The van der Waals surface area contributed by atoms with Crippen LogP contribution in [0.15, 0.2) is 255 Å². The molecule has 0 amide bonds. The summed E-state index contributed by atoms with van der Waals surface area (Å²) in [5.74, 6) is 14.9. The van der Waals surface area contributed by atoms with Gasteiger partial charge >= 0.3 is 0 Å². The first-order valence-corrected chi connectivity index (χ1v) is 29.1. The first-order chi connectivity index (χ1) is 41.5. The first-order valence-electron chi connectivity index (χ1n) is 29.1. The minimum atomic E-state index is -0.0245. The highest BCUT2D eigenvalue weighted by atomic mass is 16.5. The van der Waals surface area contributed by atoms with Crippen LogP contribution in [0.1, 0.15) is 109 Å². The molecular weight excluding hydrogens is 1020 g/mol. The van der Waals surface area contributed by atoms with Gasteiger partial charge in [0.15, 0.2) is 11.6 Å². The fourth-order valence-electron chi connectivity index (χ4n) is 11.9. The predicted octanol–water partition coefficient (Wildman–Crippen LogP) is 18.1. The van der Waals surface area contributed by atoms with E-state index in [0.29, 0.717) is 28.2 Å². The Balaban J connectivity index is 0.00000326. The Morgan fingerprint density at radius 2 is 0.595 bits per heavy atom. The van der Waals surface area contributed by atoms with Crippen LogP contribution in [-0.4, -0.2) is 11.6 Å². The van der Waals surface area contributed by atoms with Crippen LogP contribution in [0.2, 0.25) is 0 Å². The van der Waals surface area contributed by atoms with Gasteiger partial charge in [0.05, 0.1) is 0 Å². The second-order valence-electron chi connectivity index (χ2n) is 21.3. The van der Waals surface area contributed by atoms with Crippen molar-refractivity contribution in [1.82, 2.24) is 0 Å². The number of benzene rings is 10. The maximum Gasteiger partial charge on any atom is 0.195 e. The molecule has 0 aromatic heterocycles. The van der Waals surface area contributed by atoms with E-state index < -0.39 is 0 Å². The zero-order chi connectivity index (χ0) is 56.9. The van der Waals surface area contributed by atoms with E-state index in [-0.39, 0.29) is 18.0 Å². The highest BCUT2D eigenvalue weighted by Crippen LogP contribution is 2.51. The lowest BCUT2D eigenvalue weighted by Crippen LogP contribution is -2.14. The normalized spacial score (nSPS) is 14.0. The zero-order valence-corrected chi connectivity index (χ0v) is 47.0. The third-order valence-electron chi connectivity index (χ3n) is 16.2. The van der Waals surface area contributed by atoms with Crippen molar-refractivity contribution < 1.29 is 14.3 Å². The third-order valence-corrected chi connectivity index (χ3v) is 16.2. The lowest BCUT2D eigenvalue weighted by Gasteiger charge is -2.27. The highest BCUT2D eigenvalue weighted by molar-refractivity contribution is 6.59. The number of Topliss-reactive ketones (excluding diaryl/α,β-unsaturated/α-hetero) is 2. The van der Waals surface area contributed by atoms with Gasteiger partial charge in [-0.2, -0.15) is 0 Å². The molecule has 0 atom stereocenters. The standard InChI is InChI=1S/C79H52O3.C2H6/c80-71-51-70(58-13-5-1-6-14-58)72(62-33-25-52(26-34-62)21-23-54-29-31-56-37-39-66(56)49-54)74(73(71)59-15-7-2-8-16-59)64-41-45-68(46-42-64)82-69-47-43-65(44-48-69)76-75(63-35-27-53(28-36-63)22-24-55-30-32-57-38-40-67(57)50-55)77(60-17-9-3-10-18-60)79(81)78(76)61-19-11-4-12-20-61;1-2/h1-20,25-36,41-50H,37-40,51H2;1-2H3. The van der Waals surface area contributed by atoms with Gasteiger partial charge in [-0.25, -0.2) is 0 Å². The van der Waals surface area contributed by atoms with E-state index in [1.165, 1.54) is 22.3 Å². The Hall–Kier alpha value is -10.6. The fraction of sp³-hybridized carbons (Fsp3) is 0.0864. The number of hydrogen-bond acceptors (Lipinski definition) is 3. The van der Waals surface area contributed by atoms with Crippen molar-refractivity contribution in [2.75, 3.05) is 0 Å². The van der Waals surface area contributed by atoms with Crippen LogP contribution in [-0.2, 0) is 35.3 Å². The highest BCUT2D eigenvalue weighted by Gasteiger charge is 2.36. The minimum Gasteiger partial charge on any atom is -0.457 e. The summed E-state index contributed by atoms with van der Waals surface area (Å²) in [6.45, 7) is 4.00. The Kier molecular flexibility index (Phi) is 14.8. The number of carbonyl (C=O) groups excluding carboxylic acids is 2. The number of fused-ring (bicyclic) bond motifs is 2. The summed E-state index contributed by atoms with van der Waals surface area (Å²) in [4.78, 5) is 29.9. The molecule has 14 rings (SSSR count). The van der Waals surface area contributed by atoms with Crippen molar-refractivity contribution in [2.45, 2.75) is 46.0 Å². The summed E-state index contributed by atoms with van der Waals surface area (Å²) in [6, 6.07) is 86.1. The van der Waals surface area contributed by atoms with Gasteiger partial charge in [0.25, 0.3) is 0 Å². The molecule has 0 aliphatic heterocycles. The van der Waals surface area contributed by atoms with Crippen LogP contribution >= 0.6 is 0 Å². The van der Waals surface area contributed by atoms with Gasteiger partial charge in [0.1, 0.15) is 11.5 Å². The molecule has 10 aromatic carbocycles. The Morgan fingerprint density at radius 3 is 0.976 bits per heavy atom. The molecule has 0 saturated heterocycles. The van der Waals surface area contributed by atoms with E-state index >= 15 is 4.79 Å². The number of ketones is 2. The second kappa shape index (κ2) is 23.5. The molecule has 0 radical (unpaired) electrons. The molecule has 10 aromatic rings. The van der Waals surface area contributed by atoms with Crippen LogP contribution < -0.4 is 4.74 Å². The molecule has 0 saturated carbocycles. The maximum absolute atomic E-state index is 15.1. The largest absolute Gasteiger partial charge is 0.457 e. The smallest absolute Gasteiger partial charge is 0.195 e. The number of hydrogen-bond donors (Lipinski definition) is 0. The number of aryl methyl sites for hydroxylation is 4. The fourth-order valence-corrected chi connectivity index (χ4v) is 11.9. The van der Waals surface area contributed by atoms with Crippen molar-refractivity contribution in [2.24, 2.45) is 0 Å². The Labute approximate surface area is 492 Å². The molecule has 0 spiro atoms. The summed E-state index contributed by atoms with van der Waals surface area (Å²) < 4.78 is 6.66. The molecule has 0 N–H and O–H groups in total. The van der Waals surface area contributed by atoms with Crippen molar-refractivity contribution in [3.05, 3.63) is 344 Å². The summed E-state index contributed by atoms with van der Waals surface area (Å²) in [6.07, 6.45) is 4.78. The monoisotopic (exact) mass is 1080 g/mol. The first kappa shape index (κ1) is 52.8. The average Bonchev–Trinajstić information content (AvgIpc) is 3.97. The quantitative estimate of drug-likeness (QED) is 0.128. The van der Waals surface area contributed by atoms with Crippen LogP contribution in [0.4, 0.5) is 0 Å². The maximum atomic E-state index is 15.1. The molecule has 4 aliphatic carbocycles. The van der Waals surface area contributed by atoms with Crippen LogP contribution in [0.3, 0.4) is 0 Å². The van der Waals surface area contributed by atoms with Gasteiger partial charge in [0.2, 0.25) is 0 Å². The summed E-state index contributed by atoms with van der Waals surface area (Å²) in [5, 5.41) is 0. The molecule has 84 heavy (non-hydrogen) atoms. The van der Waals surface area contributed by atoms with Crippen LogP contribution in [0.25, 0.3) is 44.6 Å². The average molecular weight is 1080 g/mol. The topological polar surface area (TPSA) is 43.4 Å². The van der Waals surface area contributed by atoms with E-state index in [1.54, 1.807) is 0 Å². The van der Waals surface area contributed by atoms with Gasteiger partial charge in [-0.3, -0.25) is 9.59 Å². The molecule has 3 heteroatoms. The zero-order valence-electron chi connectivity index (χ0n) is 47.0. The lowest BCUT2D eigenvalue weighted by atomic mass is 9.75. The SMILES string of the molecule is CC.O=C1CC(c2ccccc2)=C(c2ccc(C#Cc3ccc4c(c3)CC4)cc2)C(c2ccc(Oc3ccc(C4=C(c5ccccc5)C(=O)C(c5ccccc5)=C4c4ccc(C#Cc5ccc6c(c5)CC6)cc4)cc3)cc2)=C1c1ccccc1. The molecule has 0 heterocycles. The van der Waals surface area contributed by atoms with E-state index in [9.17, 15) is 4.79 Å². The number of carbonyl (C=O) groups is 2. The molecule has 3 nitrogen and oxygen atoms in total. The van der Waals surface area contributed by atoms with E-state index in [4.69, 9.17) is 4.74 Å². The molecular formula is C81H58O3. The third kappa shape index (κ3) is 10.5. The number of rotatable bonds is 10. The summed E-state index contributed by atoms with van der Waals surface area (Å²) >= 11 is 0. The van der Waals surface area contributed by atoms with Crippen molar-refractivity contribution in [3.8, 4) is 35.2 Å². The van der Waals surface area contributed by atoms with E-state index in [1.807, 2.05) is 159 Å². The minimum absolute atomic E-state index is 0.0245. The Morgan fingerprint density at radius 1 is 0.286 bits per heavy atom. The van der Waals surface area contributed by atoms with Gasteiger partial charge in [-0.05, 0) is 176 Å². The second-order valence-corrected chi connectivity index (χ2v) is 21.3. The van der Waals surface area contributed by atoms with Crippen LogP contribution in [0.5, 0.6) is 11.5 Å². The molecule has 400 valence electrons. The molecule has 0 unspecified atom stereocenters. The molecule has 0 fully saturated rings. The van der Waals surface area contributed by atoms with Crippen molar-refractivity contribution in [3.63, 3.8) is 0 Å². The molecule has 4 aliphatic rings. The van der Waals surface area contributed by atoms with Crippen LogP contribution in [0, 0.1) is 23.7 Å². The Bertz CT molecular complexity index is 4440. The van der Waals surface area contributed by atoms with E-state index in [2.05, 4.69) is 133 Å². The number of ether oxygens (including phenoxy) is 1. The summed E-state index contributed by atoms with van der Waals surface area (Å²) in [7, 11) is 0. The molecule has 0 bridgehead atoms. The van der Waals surface area contributed by atoms with Crippen molar-refractivity contribution >= 4 is 56.2 Å². The van der Waals surface area contributed by atoms with Gasteiger partial charge in [0, 0.05) is 62.1 Å². The van der Waals surface area contributed by atoms with Gasteiger partial charge < -0.3 is 4.74 Å². The predicted molar refractivity (Wildman–Crippen MR) is 345 cm³/mol. The van der Waals surface area contributed by atoms with Gasteiger partial charge in [-0.1, -0.05) is 220 Å². The van der Waals surface area contributed by atoms with Gasteiger partial charge in [-0.15, -0.1) is 0 Å². The number of allylic oxidation sites excluding steroid dienone is 8. The van der Waals surface area contributed by atoms with E-state index in [0.717, 1.165) is 120 Å².